The lowest BCUT2D eigenvalue weighted by Crippen LogP contribution is -2.52. The molecule has 2 N–H and O–H groups in total. The lowest BCUT2D eigenvalue weighted by atomic mass is 9.93. The highest BCUT2D eigenvalue weighted by molar-refractivity contribution is 6.31. The van der Waals surface area contributed by atoms with Gasteiger partial charge in [0.05, 0.1) is 16.8 Å². The van der Waals surface area contributed by atoms with Crippen LogP contribution in [0.2, 0.25) is 5.02 Å². The Hall–Kier alpha value is -2.57. The van der Waals surface area contributed by atoms with Crippen LogP contribution in [0.5, 0.6) is 0 Å². The number of amidine groups is 1. The summed E-state index contributed by atoms with van der Waals surface area (Å²) in [6, 6.07) is 13.9. The van der Waals surface area contributed by atoms with Gasteiger partial charge in [-0.25, -0.2) is 4.99 Å². The number of aliphatic imine (C=N–C) groups is 1. The molecule has 0 spiro atoms. The Morgan fingerprint density at radius 3 is 2.59 bits per heavy atom. The fraction of sp³-hybridized carbons (Fsp3) is 0.364. The molecular weight excluding hydrogens is 388 g/mol. The highest BCUT2D eigenvalue weighted by Crippen LogP contribution is 2.36. The van der Waals surface area contributed by atoms with Gasteiger partial charge in [0.25, 0.3) is 0 Å². The van der Waals surface area contributed by atoms with E-state index in [1.54, 1.807) is 13.8 Å². The third-order valence-electron chi connectivity index (χ3n) is 5.49. The standard InChI is InChI=1S/C22H25ClN4O2/c1-22(2,21(28)29)14-26-9-11-27(12-10-26)20-16-5-3-4-6-17(16)24-18-8-7-15(23)13-19(18)25-20/h3-8,13,24H,9-12,14H2,1-2H3,(H,28,29). The molecule has 2 aliphatic heterocycles. The average Bonchev–Trinajstić information content (AvgIpc) is 2.85. The van der Waals surface area contributed by atoms with Crippen molar-refractivity contribution in [1.29, 1.82) is 0 Å². The fourth-order valence-corrected chi connectivity index (χ4v) is 3.96. The summed E-state index contributed by atoms with van der Waals surface area (Å²) in [5.41, 5.74) is 3.06. The first kappa shape index (κ1) is 19.7. The molecule has 2 aromatic rings. The minimum Gasteiger partial charge on any atom is -0.481 e. The Morgan fingerprint density at radius 1 is 1.14 bits per heavy atom. The van der Waals surface area contributed by atoms with Crippen molar-refractivity contribution in [1.82, 2.24) is 9.80 Å². The quantitative estimate of drug-likeness (QED) is 0.790. The molecule has 6 nitrogen and oxygen atoms in total. The largest absolute Gasteiger partial charge is 0.481 e. The van der Waals surface area contributed by atoms with Crippen LogP contribution in [0.15, 0.2) is 47.5 Å². The van der Waals surface area contributed by atoms with Crippen LogP contribution in [0.4, 0.5) is 17.1 Å². The molecule has 4 rings (SSSR count). The van der Waals surface area contributed by atoms with Gasteiger partial charge in [-0.1, -0.05) is 23.7 Å². The van der Waals surface area contributed by atoms with E-state index in [0.717, 1.165) is 54.6 Å². The summed E-state index contributed by atoms with van der Waals surface area (Å²) >= 11 is 6.22. The molecule has 0 radical (unpaired) electrons. The van der Waals surface area contributed by atoms with Crippen molar-refractivity contribution in [2.24, 2.45) is 10.4 Å². The highest BCUT2D eigenvalue weighted by atomic mass is 35.5. The molecule has 0 aliphatic carbocycles. The van der Waals surface area contributed by atoms with Gasteiger partial charge in [-0.05, 0) is 44.2 Å². The number of hydrogen-bond donors (Lipinski definition) is 2. The third-order valence-corrected chi connectivity index (χ3v) is 5.73. The molecule has 29 heavy (non-hydrogen) atoms. The van der Waals surface area contributed by atoms with Crippen molar-refractivity contribution >= 4 is 40.5 Å². The first-order chi connectivity index (χ1) is 13.8. The third kappa shape index (κ3) is 4.09. The lowest BCUT2D eigenvalue weighted by Gasteiger charge is -2.39. The first-order valence-electron chi connectivity index (χ1n) is 9.79. The number of benzene rings is 2. The van der Waals surface area contributed by atoms with Gasteiger partial charge in [0.15, 0.2) is 0 Å². The van der Waals surface area contributed by atoms with E-state index < -0.39 is 11.4 Å². The van der Waals surface area contributed by atoms with Crippen LogP contribution in [-0.4, -0.2) is 59.4 Å². The minimum atomic E-state index is -0.762. The topological polar surface area (TPSA) is 68.2 Å². The van der Waals surface area contributed by atoms with E-state index in [4.69, 9.17) is 16.6 Å². The number of carboxylic acid groups (broad SMARTS) is 1. The average molecular weight is 413 g/mol. The molecule has 7 heteroatoms. The van der Waals surface area contributed by atoms with Gasteiger partial charge < -0.3 is 15.3 Å². The highest BCUT2D eigenvalue weighted by Gasteiger charge is 2.32. The van der Waals surface area contributed by atoms with E-state index in [2.05, 4.69) is 27.2 Å². The lowest BCUT2D eigenvalue weighted by molar-refractivity contribution is -0.148. The minimum absolute atomic E-state index is 0.541. The molecule has 0 unspecified atom stereocenters. The van der Waals surface area contributed by atoms with Crippen molar-refractivity contribution < 1.29 is 9.90 Å². The molecule has 0 saturated carbocycles. The van der Waals surface area contributed by atoms with Crippen LogP contribution in [0.1, 0.15) is 19.4 Å². The molecule has 0 bridgehead atoms. The van der Waals surface area contributed by atoms with Gasteiger partial charge in [-0.2, -0.15) is 0 Å². The number of fused-ring (bicyclic) bond motifs is 2. The number of hydrogen-bond acceptors (Lipinski definition) is 5. The molecule has 2 aromatic carbocycles. The second-order valence-electron chi connectivity index (χ2n) is 8.22. The number of nitrogens with one attached hydrogen (secondary N) is 1. The summed E-state index contributed by atoms with van der Waals surface area (Å²) in [5.74, 6) is 0.160. The SMILES string of the molecule is CC(C)(CN1CCN(C2=Nc3cc(Cl)ccc3Nc3ccccc32)CC1)C(=O)O. The number of halogens is 1. The second kappa shape index (κ2) is 7.69. The first-order valence-corrected chi connectivity index (χ1v) is 10.2. The number of para-hydroxylation sites is 1. The normalized spacial score (nSPS) is 16.9. The van der Waals surface area contributed by atoms with E-state index >= 15 is 0 Å². The van der Waals surface area contributed by atoms with Gasteiger partial charge in [-0.15, -0.1) is 0 Å². The number of nitrogens with zero attached hydrogens (tertiary/aromatic N) is 3. The summed E-state index contributed by atoms with van der Waals surface area (Å²) in [5, 5.41) is 13.5. The number of carbonyl (C=O) groups is 1. The number of rotatable bonds is 3. The predicted molar refractivity (Wildman–Crippen MR) is 117 cm³/mol. The molecule has 152 valence electrons. The zero-order valence-electron chi connectivity index (χ0n) is 16.7. The van der Waals surface area contributed by atoms with Crippen molar-refractivity contribution in [2.75, 3.05) is 38.0 Å². The number of anilines is 2. The molecule has 0 atom stereocenters. The molecule has 2 heterocycles. The van der Waals surface area contributed by atoms with Gasteiger partial charge in [-0.3, -0.25) is 9.69 Å². The Labute approximate surface area is 175 Å². The summed E-state index contributed by atoms with van der Waals surface area (Å²) in [7, 11) is 0. The molecule has 2 aliphatic rings. The summed E-state index contributed by atoms with van der Waals surface area (Å²) in [4.78, 5) is 20.9. The predicted octanol–water partition coefficient (Wildman–Crippen LogP) is 4.20. The van der Waals surface area contributed by atoms with Crippen molar-refractivity contribution in [3.63, 3.8) is 0 Å². The van der Waals surface area contributed by atoms with Crippen LogP contribution in [-0.2, 0) is 4.79 Å². The van der Waals surface area contributed by atoms with Crippen molar-refractivity contribution in [2.45, 2.75) is 13.8 Å². The zero-order valence-corrected chi connectivity index (χ0v) is 17.4. The summed E-state index contributed by atoms with van der Waals surface area (Å²) in [6.45, 7) is 7.28. The fourth-order valence-electron chi connectivity index (χ4n) is 3.80. The molecule has 0 aromatic heterocycles. The van der Waals surface area contributed by atoms with Crippen LogP contribution in [0.25, 0.3) is 0 Å². The van der Waals surface area contributed by atoms with E-state index in [1.165, 1.54) is 0 Å². The van der Waals surface area contributed by atoms with Crippen LogP contribution < -0.4 is 5.32 Å². The van der Waals surface area contributed by atoms with Crippen molar-refractivity contribution in [3.05, 3.63) is 53.1 Å². The number of piperazine rings is 1. The van der Waals surface area contributed by atoms with Crippen LogP contribution >= 0.6 is 11.6 Å². The van der Waals surface area contributed by atoms with Crippen LogP contribution in [0, 0.1) is 5.41 Å². The monoisotopic (exact) mass is 412 g/mol. The van der Waals surface area contributed by atoms with Gasteiger partial charge in [0.1, 0.15) is 5.84 Å². The number of carboxylic acids is 1. The van der Waals surface area contributed by atoms with E-state index in [9.17, 15) is 9.90 Å². The van der Waals surface area contributed by atoms with Crippen molar-refractivity contribution in [3.8, 4) is 0 Å². The molecule has 1 fully saturated rings. The Bertz CT molecular complexity index is 965. The molecule has 0 amide bonds. The summed E-state index contributed by atoms with van der Waals surface area (Å²) < 4.78 is 0. The van der Waals surface area contributed by atoms with Gasteiger partial charge in [0, 0.05) is 49.0 Å². The molecular formula is C22H25ClN4O2. The van der Waals surface area contributed by atoms with Crippen LogP contribution in [0.3, 0.4) is 0 Å². The van der Waals surface area contributed by atoms with Gasteiger partial charge >= 0.3 is 5.97 Å². The van der Waals surface area contributed by atoms with E-state index in [1.807, 2.05) is 30.3 Å². The summed E-state index contributed by atoms with van der Waals surface area (Å²) in [6.07, 6.45) is 0. The Balaban J connectivity index is 1.60. The Kier molecular flexibility index (Phi) is 5.23. The Morgan fingerprint density at radius 2 is 1.86 bits per heavy atom. The number of aliphatic carboxylic acids is 1. The smallest absolute Gasteiger partial charge is 0.310 e. The van der Waals surface area contributed by atoms with E-state index in [-0.39, 0.29) is 0 Å². The second-order valence-corrected chi connectivity index (χ2v) is 8.66. The maximum absolute atomic E-state index is 11.5. The molecule has 1 saturated heterocycles. The maximum atomic E-state index is 11.5. The maximum Gasteiger partial charge on any atom is 0.310 e. The van der Waals surface area contributed by atoms with Gasteiger partial charge in [0.2, 0.25) is 0 Å². The zero-order chi connectivity index (χ0) is 20.6. The van der Waals surface area contributed by atoms with E-state index in [0.29, 0.717) is 11.6 Å².